The highest BCUT2D eigenvalue weighted by Crippen LogP contribution is 2.26. The van der Waals surface area contributed by atoms with Gasteiger partial charge in [-0.2, -0.15) is 0 Å². The Morgan fingerprint density at radius 1 is 1.32 bits per heavy atom. The monoisotopic (exact) mass is 324 g/mol. The summed E-state index contributed by atoms with van der Waals surface area (Å²) in [6.07, 6.45) is 0. The van der Waals surface area contributed by atoms with Crippen molar-refractivity contribution in [2.24, 2.45) is 0 Å². The minimum Gasteiger partial charge on any atom is -0.439 e. The number of hydrogen-bond donors (Lipinski definition) is 1. The predicted molar refractivity (Wildman–Crippen MR) is 75.9 cm³/mol. The molecule has 0 spiro atoms. The summed E-state index contributed by atoms with van der Waals surface area (Å²) in [4.78, 5) is 4.30. The van der Waals surface area contributed by atoms with Gasteiger partial charge in [0, 0.05) is 18.3 Å². The molecule has 0 bridgehead atoms. The molecule has 0 aliphatic carbocycles. The minimum absolute atomic E-state index is 0.319. The minimum atomic E-state index is -0.319. The molecule has 1 heterocycles. The lowest BCUT2D eigenvalue weighted by atomic mass is 10.2. The molecule has 3 nitrogen and oxygen atoms in total. The maximum absolute atomic E-state index is 13.1. The molecule has 0 radical (unpaired) electrons. The van der Waals surface area contributed by atoms with Gasteiger partial charge >= 0.3 is 0 Å². The SMILES string of the molecule is CNCc1cc(C)nc(Oc2ccc(F)c(Br)c2)c1. The van der Waals surface area contributed by atoms with Crippen LogP contribution in [0.25, 0.3) is 0 Å². The molecule has 0 atom stereocenters. The summed E-state index contributed by atoms with van der Waals surface area (Å²) in [5.74, 6) is 0.728. The lowest BCUT2D eigenvalue weighted by Gasteiger charge is -2.08. The average molecular weight is 325 g/mol. The summed E-state index contributed by atoms with van der Waals surface area (Å²) in [7, 11) is 1.88. The van der Waals surface area contributed by atoms with Crippen molar-refractivity contribution in [1.82, 2.24) is 10.3 Å². The predicted octanol–water partition coefficient (Wildman–Crippen LogP) is 3.80. The fourth-order valence-electron chi connectivity index (χ4n) is 1.73. The molecule has 1 N–H and O–H groups in total. The van der Waals surface area contributed by atoms with Crippen LogP contribution in [0.1, 0.15) is 11.3 Å². The van der Waals surface area contributed by atoms with Crippen LogP contribution in [0.3, 0.4) is 0 Å². The number of aryl methyl sites for hydroxylation is 1. The zero-order valence-electron chi connectivity index (χ0n) is 10.7. The molecule has 0 unspecified atom stereocenters. The lowest BCUT2D eigenvalue weighted by Crippen LogP contribution is -2.06. The molecule has 0 fully saturated rings. The molecule has 0 aliphatic heterocycles. The highest BCUT2D eigenvalue weighted by molar-refractivity contribution is 9.10. The molecular formula is C14H14BrFN2O. The van der Waals surface area contributed by atoms with Crippen LogP contribution in [-0.2, 0) is 6.54 Å². The van der Waals surface area contributed by atoms with E-state index in [2.05, 4.69) is 26.2 Å². The Bertz CT molecular complexity index is 590. The Labute approximate surface area is 119 Å². The van der Waals surface area contributed by atoms with Crippen molar-refractivity contribution >= 4 is 15.9 Å². The number of benzene rings is 1. The van der Waals surface area contributed by atoms with Crippen LogP contribution in [0.2, 0.25) is 0 Å². The Morgan fingerprint density at radius 3 is 2.79 bits per heavy atom. The second kappa shape index (κ2) is 6.12. The second-order valence-electron chi connectivity index (χ2n) is 4.16. The van der Waals surface area contributed by atoms with Crippen molar-refractivity contribution < 1.29 is 9.13 Å². The highest BCUT2D eigenvalue weighted by Gasteiger charge is 2.05. The number of ether oxygens (including phenoxy) is 1. The smallest absolute Gasteiger partial charge is 0.219 e. The van der Waals surface area contributed by atoms with Gasteiger partial charge in [0.1, 0.15) is 11.6 Å². The van der Waals surface area contributed by atoms with Crippen molar-refractivity contribution in [3.05, 3.63) is 51.9 Å². The third kappa shape index (κ3) is 3.75. The van der Waals surface area contributed by atoms with E-state index in [-0.39, 0.29) is 5.82 Å². The van der Waals surface area contributed by atoms with Gasteiger partial charge in [-0.15, -0.1) is 0 Å². The molecule has 5 heteroatoms. The Kier molecular flexibility index (Phi) is 4.50. The topological polar surface area (TPSA) is 34.2 Å². The zero-order chi connectivity index (χ0) is 13.8. The second-order valence-corrected chi connectivity index (χ2v) is 5.02. The summed E-state index contributed by atoms with van der Waals surface area (Å²) in [5, 5.41) is 3.08. The van der Waals surface area contributed by atoms with E-state index in [9.17, 15) is 4.39 Å². The highest BCUT2D eigenvalue weighted by atomic mass is 79.9. The Morgan fingerprint density at radius 2 is 2.11 bits per heavy atom. The normalized spacial score (nSPS) is 10.5. The summed E-state index contributed by atoms with van der Waals surface area (Å²) in [6, 6.07) is 8.35. The first kappa shape index (κ1) is 14.0. The van der Waals surface area contributed by atoms with Crippen LogP contribution in [0.5, 0.6) is 11.6 Å². The molecule has 19 heavy (non-hydrogen) atoms. The van der Waals surface area contributed by atoms with Crippen molar-refractivity contribution in [2.45, 2.75) is 13.5 Å². The van der Waals surface area contributed by atoms with Crippen LogP contribution in [0.15, 0.2) is 34.8 Å². The molecule has 2 aromatic rings. The van der Waals surface area contributed by atoms with Gasteiger partial charge in [-0.3, -0.25) is 0 Å². The van der Waals surface area contributed by atoms with Crippen molar-refractivity contribution in [3.8, 4) is 11.6 Å². The van der Waals surface area contributed by atoms with Crippen molar-refractivity contribution in [2.75, 3.05) is 7.05 Å². The molecule has 0 amide bonds. The summed E-state index contributed by atoms with van der Waals surface area (Å²) < 4.78 is 19.2. The molecule has 1 aromatic carbocycles. The van der Waals surface area contributed by atoms with Crippen LogP contribution in [0.4, 0.5) is 4.39 Å². The first-order valence-electron chi connectivity index (χ1n) is 5.83. The fraction of sp³-hybridized carbons (Fsp3) is 0.214. The lowest BCUT2D eigenvalue weighted by molar-refractivity contribution is 0.458. The number of hydrogen-bond acceptors (Lipinski definition) is 3. The molecule has 100 valence electrons. The summed E-state index contributed by atoms with van der Waals surface area (Å²) in [6.45, 7) is 2.65. The summed E-state index contributed by atoms with van der Waals surface area (Å²) >= 11 is 3.13. The van der Waals surface area contributed by atoms with Gasteiger partial charge in [0.15, 0.2) is 0 Å². The van der Waals surface area contributed by atoms with Gasteiger partial charge in [0.2, 0.25) is 5.88 Å². The maximum atomic E-state index is 13.1. The largest absolute Gasteiger partial charge is 0.439 e. The third-order valence-corrected chi connectivity index (χ3v) is 3.09. The number of halogens is 2. The number of nitrogens with one attached hydrogen (secondary N) is 1. The van der Waals surface area contributed by atoms with Gasteiger partial charge in [-0.1, -0.05) is 0 Å². The Balaban J connectivity index is 2.24. The maximum Gasteiger partial charge on any atom is 0.219 e. The molecule has 2 rings (SSSR count). The first-order valence-corrected chi connectivity index (χ1v) is 6.63. The molecule has 1 aromatic heterocycles. The number of nitrogens with zero attached hydrogens (tertiary/aromatic N) is 1. The van der Waals surface area contributed by atoms with E-state index in [4.69, 9.17) is 4.74 Å². The molecular weight excluding hydrogens is 311 g/mol. The quantitative estimate of drug-likeness (QED) is 0.928. The van der Waals surface area contributed by atoms with Gasteiger partial charge in [-0.25, -0.2) is 9.37 Å². The van der Waals surface area contributed by atoms with Crippen LogP contribution in [-0.4, -0.2) is 12.0 Å². The van der Waals surface area contributed by atoms with Gasteiger partial charge in [0.05, 0.1) is 4.47 Å². The van der Waals surface area contributed by atoms with E-state index in [1.54, 1.807) is 12.1 Å². The van der Waals surface area contributed by atoms with Gasteiger partial charge in [0.25, 0.3) is 0 Å². The van der Waals surface area contributed by atoms with E-state index in [0.29, 0.717) is 16.1 Å². The molecule has 0 saturated heterocycles. The number of pyridine rings is 1. The first-order chi connectivity index (χ1) is 9.08. The summed E-state index contributed by atoms with van der Waals surface area (Å²) in [5.41, 5.74) is 1.97. The van der Waals surface area contributed by atoms with E-state index >= 15 is 0 Å². The Hall–Kier alpha value is -1.46. The van der Waals surface area contributed by atoms with Crippen LogP contribution in [0, 0.1) is 12.7 Å². The third-order valence-electron chi connectivity index (χ3n) is 2.48. The average Bonchev–Trinajstić information content (AvgIpc) is 2.33. The van der Waals surface area contributed by atoms with E-state index in [0.717, 1.165) is 17.8 Å². The van der Waals surface area contributed by atoms with Crippen molar-refractivity contribution in [3.63, 3.8) is 0 Å². The van der Waals surface area contributed by atoms with Crippen LogP contribution < -0.4 is 10.1 Å². The fourth-order valence-corrected chi connectivity index (χ4v) is 2.08. The molecule has 0 saturated carbocycles. The van der Waals surface area contributed by atoms with E-state index in [1.807, 2.05) is 26.1 Å². The molecule has 0 aliphatic rings. The van der Waals surface area contributed by atoms with Crippen LogP contribution >= 0.6 is 15.9 Å². The van der Waals surface area contributed by atoms with E-state index in [1.165, 1.54) is 6.07 Å². The van der Waals surface area contributed by atoms with Gasteiger partial charge < -0.3 is 10.1 Å². The number of aromatic nitrogens is 1. The van der Waals surface area contributed by atoms with E-state index < -0.39 is 0 Å². The standard InChI is InChI=1S/C14H14BrFN2O/c1-9-5-10(8-17-2)6-14(18-9)19-11-3-4-13(16)12(15)7-11/h3-7,17H,8H2,1-2H3. The number of rotatable bonds is 4. The van der Waals surface area contributed by atoms with Crippen molar-refractivity contribution in [1.29, 1.82) is 0 Å². The van der Waals surface area contributed by atoms with Gasteiger partial charge in [-0.05, 0) is 59.7 Å². The zero-order valence-corrected chi connectivity index (χ0v) is 12.3.